The van der Waals surface area contributed by atoms with Crippen LogP contribution in [-0.4, -0.2) is 5.87 Å². The molecular formula is C8H6N2. The number of para-hydroxylation sites is 1. The Balaban J connectivity index is 2.63. The van der Waals surface area contributed by atoms with Crippen LogP contribution in [0.3, 0.4) is 0 Å². The SMILES string of the molecule is C1=Cc2ccccc2NN=1. The lowest BCUT2D eigenvalue weighted by molar-refractivity contribution is 1.34. The summed E-state index contributed by atoms with van der Waals surface area (Å²) in [5, 5.41) is 3.76. The predicted octanol–water partition coefficient (Wildman–Crippen LogP) is 1.71. The molecule has 2 heteroatoms. The molecule has 0 bridgehead atoms. The molecule has 0 amide bonds. The number of hydrogen-bond donors (Lipinski definition) is 1. The summed E-state index contributed by atoms with van der Waals surface area (Å²) in [4.78, 5) is 0. The quantitative estimate of drug-likeness (QED) is 0.568. The molecule has 0 fully saturated rings. The number of rotatable bonds is 0. The van der Waals surface area contributed by atoms with Gasteiger partial charge in [-0.25, -0.2) is 0 Å². The number of hydrazone groups is 1. The van der Waals surface area contributed by atoms with Crippen LogP contribution in [0.5, 0.6) is 0 Å². The first kappa shape index (κ1) is 5.27. The van der Waals surface area contributed by atoms with Gasteiger partial charge in [0.2, 0.25) is 0 Å². The number of nitrogens with zero attached hydrogens (tertiary/aromatic N) is 1. The summed E-state index contributed by atoms with van der Waals surface area (Å²) in [6, 6.07) is 7.96. The van der Waals surface area contributed by atoms with Gasteiger partial charge < -0.3 is 0 Å². The van der Waals surface area contributed by atoms with Crippen LogP contribution in [0.1, 0.15) is 5.56 Å². The molecule has 48 valence electrons. The first-order valence-corrected chi connectivity index (χ1v) is 3.10. The summed E-state index contributed by atoms with van der Waals surface area (Å²) in [6.45, 7) is 0. The number of hydrogen-bond acceptors (Lipinski definition) is 2. The van der Waals surface area contributed by atoms with E-state index in [0.29, 0.717) is 0 Å². The Morgan fingerprint density at radius 2 is 2.20 bits per heavy atom. The molecule has 0 unspecified atom stereocenters. The Morgan fingerprint density at radius 1 is 1.30 bits per heavy atom. The Hall–Kier alpha value is -1.53. The van der Waals surface area contributed by atoms with Gasteiger partial charge in [-0.15, -0.1) is 5.10 Å². The van der Waals surface area contributed by atoms with Gasteiger partial charge in [-0.2, -0.15) is 0 Å². The molecule has 0 spiro atoms. The highest BCUT2D eigenvalue weighted by molar-refractivity contribution is 5.86. The third-order valence-corrected chi connectivity index (χ3v) is 1.42. The van der Waals surface area contributed by atoms with E-state index in [1.807, 2.05) is 30.3 Å². The first-order chi connectivity index (χ1) is 4.97. The van der Waals surface area contributed by atoms with Gasteiger partial charge in [0.1, 0.15) is 0 Å². The van der Waals surface area contributed by atoms with Crippen LogP contribution in [0, 0.1) is 0 Å². The van der Waals surface area contributed by atoms with Gasteiger partial charge in [0.15, 0.2) is 0 Å². The molecule has 0 aliphatic carbocycles. The zero-order valence-electron chi connectivity index (χ0n) is 5.33. The standard InChI is InChI=1S/C8H6N2/c1-2-4-8-7(3-1)5-6-9-10-8/h1-5,10H. The van der Waals surface area contributed by atoms with Gasteiger partial charge in [-0.3, -0.25) is 5.43 Å². The third-order valence-electron chi connectivity index (χ3n) is 1.42. The maximum absolute atomic E-state index is 3.76. The topological polar surface area (TPSA) is 24.4 Å². The summed E-state index contributed by atoms with van der Waals surface area (Å²) in [6.07, 6.45) is 1.85. The van der Waals surface area contributed by atoms with Crippen LogP contribution in [0.15, 0.2) is 29.4 Å². The summed E-state index contributed by atoms with van der Waals surface area (Å²) in [7, 11) is 0. The van der Waals surface area contributed by atoms with Gasteiger partial charge in [0.05, 0.1) is 5.69 Å². The van der Waals surface area contributed by atoms with Gasteiger partial charge in [0, 0.05) is 17.5 Å². The highest BCUT2D eigenvalue weighted by atomic mass is 15.3. The van der Waals surface area contributed by atoms with E-state index in [1.54, 1.807) is 0 Å². The lowest BCUT2D eigenvalue weighted by Crippen LogP contribution is -1.93. The van der Waals surface area contributed by atoms with Crippen LogP contribution < -0.4 is 5.43 Å². The van der Waals surface area contributed by atoms with Crippen molar-refractivity contribution >= 4 is 17.6 Å². The molecule has 2 nitrogen and oxygen atoms in total. The van der Waals surface area contributed by atoms with Crippen LogP contribution in [-0.2, 0) is 0 Å². The van der Waals surface area contributed by atoms with E-state index in [-0.39, 0.29) is 0 Å². The van der Waals surface area contributed by atoms with Crippen molar-refractivity contribution < 1.29 is 0 Å². The van der Waals surface area contributed by atoms with E-state index < -0.39 is 0 Å². The lowest BCUT2D eigenvalue weighted by atomic mass is 10.2. The molecule has 1 aliphatic rings. The zero-order valence-corrected chi connectivity index (χ0v) is 5.33. The number of anilines is 1. The fourth-order valence-electron chi connectivity index (χ4n) is 0.919. The van der Waals surface area contributed by atoms with Crippen molar-refractivity contribution in [2.75, 3.05) is 5.43 Å². The molecule has 1 heterocycles. The minimum Gasteiger partial charge on any atom is -0.270 e. The minimum absolute atomic E-state index is 1.04. The van der Waals surface area contributed by atoms with E-state index in [1.165, 1.54) is 0 Å². The van der Waals surface area contributed by atoms with Crippen LogP contribution in [0.25, 0.3) is 6.08 Å². The van der Waals surface area contributed by atoms with E-state index in [9.17, 15) is 0 Å². The van der Waals surface area contributed by atoms with Crippen LogP contribution >= 0.6 is 0 Å². The van der Waals surface area contributed by atoms with Gasteiger partial charge >= 0.3 is 0 Å². The van der Waals surface area contributed by atoms with Crippen LogP contribution in [0.2, 0.25) is 0 Å². The molecule has 0 saturated carbocycles. The Bertz CT molecular complexity index is 309. The van der Waals surface area contributed by atoms with E-state index in [0.717, 1.165) is 11.3 Å². The van der Waals surface area contributed by atoms with Crippen molar-refractivity contribution in [2.45, 2.75) is 0 Å². The fourth-order valence-corrected chi connectivity index (χ4v) is 0.919. The average Bonchev–Trinajstić information content (AvgIpc) is 2.05. The molecule has 0 aromatic heterocycles. The second-order valence-corrected chi connectivity index (χ2v) is 2.08. The third kappa shape index (κ3) is 0.714. The molecular weight excluding hydrogens is 124 g/mol. The number of benzene rings is 1. The Labute approximate surface area is 58.9 Å². The fraction of sp³-hybridized carbons (Fsp3) is 0. The van der Waals surface area contributed by atoms with E-state index in [2.05, 4.69) is 16.4 Å². The maximum Gasteiger partial charge on any atom is 0.0648 e. The molecule has 1 aromatic rings. The normalized spacial score (nSPS) is 12.4. The van der Waals surface area contributed by atoms with E-state index >= 15 is 0 Å². The van der Waals surface area contributed by atoms with Gasteiger partial charge in [-0.1, -0.05) is 18.2 Å². The van der Waals surface area contributed by atoms with Gasteiger partial charge in [-0.05, 0) is 6.07 Å². The summed E-state index contributed by atoms with van der Waals surface area (Å²) in [5.41, 5.74) is 5.02. The number of nitrogens with one attached hydrogen (secondary N) is 1. The maximum atomic E-state index is 3.76. The molecule has 2 rings (SSSR count). The highest BCUT2D eigenvalue weighted by Gasteiger charge is 1.97. The van der Waals surface area contributed by atoms with Crippen molar-refractivity contribution in [2.24, 2.45) is 5.10 Å². The molecule has 1 aliphatic heterocycles. The predicted molar refractivity (Wildman–Crippen MR) is 42.0 cm³/mol. The van der Waals surface area contributed by atoms with E-state index in [4.69, 9.17) is 0 Å². The largest absolute Gasteiger partial charge is 0.270 e. The summed E-state index contributed by atoms with van der Waals surface area (Å²) in [5.74, 6) is 2.73. The lowest BCUT2D eigenvalue weighted by Gasteiger charge is -2.04. The molecule has 0 saturated heterocycles. The number of fused-ring (bicyclic) bond motifs is 1. The molecule has 1 aromatic carbocycles. The van der Waals surface area contributed by atoms with Gasteiger partial charge in [0.25, 0.3) is 0 Å². The molecule has 1 N–H and O–H groups in total. The Kier molecular flexibility index (Phi) is 1.06. The second-order valence-electron chi connectivity index (χ2n) is 2.08. The monoisotopic (exact) mass is 130 g/mol. The van der Waals surface area contributed by atoms with Crippen molar-refractivity contribution in [3.05, 3.63) is 29.8 Å². The average molecular weight is 130 g/mol. The molecule has 0 radical (unpaired) electrons. The Morgan fingerprint density at radius 3 is 3.10 bits per heavy atom. The smallest absolute Gasteiger partial charge is 0.0648 e. The molecule has 10 heavy (non-hydrogen) atoms. The van der Waals surface area contributed by atoms with Crippen molar-refractivity contribution in [3.8, 4) is 0 Å². The zero-order chi connectivity index (χ0) is 6.81. The van der Waals surface area contributed by atoms with Crippen molar-refractivity contribution in [1.82, 2.24) is 0 Å². The second kappa shape index (κ2) is 2.01. The van der Waals surface area contributed by atoms with Crippen molar-refractivity contribution in [1.29, 1.82) is 0 Å². The van der Waals surface area contributed by atoms with Crippen LogP contribution in [0.4, 0.5) is 5.69 Å². The highest BCUT2D eigenvalue weighted by Crippen LogP contribution is 2.16. The van der Waals surface area contributed by atoms with Crippen molar-refractivity contribution in [3.63, 3.8) is 0 Å². The molecule has 0 atom stereocenters. The summed E-state index contributed by atoms with van der Waals surface area (Å²) >= 11 is 0. The summed E-state index contributed by atoms with van der Waals surface area (Å²) < 4.78 is 0. The first-order valence-electron chi connectivity index (χ1n) is 3.10. The minimum atomic E-state index is 1.04.